The Morgan fingerprint density at radius 3 is 2.59 bits per heavy atom. The van der Waals surface area contributed by atoms with E-state index in [9.17, 15) is 4.79 Å². The zero-order valence-electron chi connectivity index (χ0n) is 17.5. The predicted molar refractivity (Wildman–Crippen MR) is 107 cm³/mol. The molecule has 1 saturated carbocycles. The van der Waals surface area contributed by atoms with Gasteiger partial charge in [-0.1, -0.05) is 19.3 Å². The third-order valence-electron chi connectivity index (χ3n) is 6.36. The number of nitrogens with zero attached hydrogens (tertiary/aromatic N) is 4. The molecule has 152 valence electrons. The van der Waals surface area contributed by atoms with E-state index in [1.165, 1.54) is 43.4 Å². The number of carbonyl (C=O) groups excluding carboxylic acids is 1. The Morgan fingerprint density at radius 2 is 1.93 bits per heavy atom. The Bertz CT molecular complexity index is 634. The van der Waals surface area contributed by atoms with Crippen molar-refractivity contribution < 1.29 is 9.53 Å². The molecule has 1 aromatic heterocycles. The standard InChI is InChI=1S/C21H36N4O2/c1-23(2)21(26)20-18-14-17(24(3)12-13-27-4)10-11-19(18)25(22-20)15-16-8-6-5-7-9-16/h16-17H,5-15H2,1-4H3. The number of ether oxygens (including phenoxy) is 1. The van der Waals surface area contributed by atoms with Gasteiger partial charge in [0, 0.05) is 51.6 Å². The van der Waals surface area contributed by atoms with Gasteiger partial charge in [0.1, 0.15) is 0 Å². The number of fused-ring (bicyclic) bond motifs is 1. The molecule has 3 rings (SSSR count). The SMILES string of the molecule is COCCN(C)C1CCc2c(c(C(=O)N(C)C)nn2CC2CCCCC2)C1. The lowest BCUT2D eigenvalue weighted by Crippen LogP contribution is -2.39. The van der Waals surface area contributed by atoms with E-state index in [-0.39, 0.29) is 5.91 Å². The van der Waals surface area contributed by atoms with E-state index in [0.29, 0.717) is 17.7 Å². The molecule has 1 heterocycles. The highest BCUT2D eigenvalue weighted by Crippen LogP contribution is 2.30. The van der Waals surface area contributed by atoms with Gasteiger partial charge >= 0.3 is 0 Å². The molecule has 0 bridgehead atoms. The van der Waals surface area contributed by atoms with Crippen LogP contribution in [0.15, 0.2) is 0 Å². The zero-order valence-corrected chi connectivity index (χ0v) is 17.5. The second-order valence-electron chi connectivity index (χ2n) is 8.53. The van der Waals surface area contributed by atoms with E-state index in [1.54, 1.807) is 12.0 Å². The van der Waals surface area contributed by atoms with Gasteiger partial charge in [-0.3, -0.25) is 9.48 Å². The van der Waals surface area contributed by atoms with Crippen LogP contribution < -0.4 is 0 Å². The maximum absolute atomic E-state index is 12.8. The summed E-state index contributed by atoms with van der Waals surface area (Å²) < 4.78 is 7.42. The van der Waals surface area contributed by atoms with Crippen molar-refractivity contribution in [2.75, 3.05) is 41.4 Å². The van der Waals surface area contributed by atoms with Gasteiger partial charge in [-0.25, -0.2) is 0 Å². The van der Waals surface area contributed by atoms with Crippen LogP contribution in [0.5, 0.6) is 0 Å². The Balaban J connectivity index is 1.82. The maximum Gasteiger partial charge on any atom is 0.274 e. The molecule has 1 unspecified atom stereocenters. The summed E-state index contributed by atoms with van der Waals surface area (Å²) in [7, 11) is 7.55. The minimum absolute atomic E-state index is 0.0360. The number of rotatable bonds is 7. The first-order chi connectivity index (χ1) is 13.0. The fourth-order valence-corrected chi connectivity index (χ4v) is 4.61. The van der Waals surface area contributed by atoms with Crippen LogP contribution in [0.2, 0.25) is 0 Å². The molecule has 2 aliphatic rings. The summed E-state index contributed by atoms with van der Waals surface area (Å²) in [5, 5.41) is 4.85. The van der Waals surface area contributed by atoms with Crippen LogP contribution in [0.25, 0.3) is 0 Å². The molecule has 6 heteroatoms. The van der Waals surface area contributed by atoms with Gasteiger partial charge in [0.2, 0.25) is 0 Å². The first-order valence-corrected chi connectivity index (χ1v) is 10.5. The maximum atomic E-state index is 12.8. The summed E-state index contributed by atoms with van der Waals surface area (Å²) in [6, 6.07) is 0.452. The Morgan fingerprint density at radius 1 is 1.19 bits per heavy atom. The molecule has 27 heavy (non-hydrogen) atoms. The predicted octanol–water partition coefficient (Wildman–Crippen LogP) is 2.60. The molecule has 1 aromatic rings. The number of likely N-dealkylation sites (N-methyl/N-ethyl adjacent to an activating group) is 1. The molecule has 0 saturated heterocycles. The van der Waals surface area contributed by atoms with Gasteiger partial charge in [-0.15, -0.1) is 0 Å². The normalized spacial score (nSPS) is 20.7. The van der Waals surface area contributed by atoms with Gasteiger partial charge in [0.05, 0.1) is 6.61 Å². The summed E-state index contributed by atoms with van der Waals surface area (Å²) in [4.78, 5) is 16.8. The zero-order chi connectivity index (χ0) is 19.4. The van der Waals surface area contributed by atoms with Gasteiger partial charge in [0.25, 0.3) is 5.91 Å². The molecular formula is C21H36N4O2. The fourth-order valence-electron chi connectivity index (χ4n) is 4.61. The number of amides is 1. The average Bonchev–Trinajstić information content (AvgIpc) is 3.03. The molecule has 1 fully saturated rings. The molecule has 0 aromatic carbocycles. The van der Waals surface area contributed by atoms with Crippen molar-refractivity contribution in [3.8, 4) is 0 Å². The van der Waals surface area contributed by atoms with Crippen LogP contribution in [-0.4, -0.2) is 72.9 Å². The lowest BCUT2D eigenvalue weighted by molar-refractivity contribution is 0.0818. The summed E-state index contributed by atoms with van der Waals surface area (Å²) in [5.41, 5.74) is 3.17. The summed E-state index contributed by atoms with van der Waals surface area (Å²) in [6.45, 7) is 2.64. The fraction of sp³-hybridized carbons (Fsp3) is 0.810. The van der Waals surface area contributed by atoms with Crippen molar-refractivity contribution in [1.29, 1.82) is 0 Å². The molecule has 0 aliphatic heterocycles. The van der Waals surface area contributed by atoms with E-state index in [4.69, 9.17) is 9.84 Å². The third-order valence-corrected chi connectivity index (χ3v) is 6.36. The smallest absolute Gasteiger partial charge is 0.274 e. The van der Waals surface area contributed by atoms with E-state index in [2.05, 4.69) is 16.6 Å². The molecule has 6 nitrogen and oxygen atoms in total. The van der Waals surface area contributed by atoms with Crippen molar-refractivity contribution >= 4 is 5.91 Å². The van der Waals surface area contributed by atoms with Crippen LogP contribution >= 0.6 is 0 Å². The van der Waals surface area contributed by atoms with Crippen molar-refractivity contribution in [3.63, 3.8) is 0 Å². The summed E-state index contributed by atoms with van der Waals surface area (Å²) >= 11 is 0. The van der Waals surface area contributed by atoms with E-state index >= 15 is 0 Å². The lowest BCUT2D eigenvalue weighted by atomic mass is 9.88. The van der Waals surface area contributed by atoms with Gasteiger partial charge in [-0.2, -0.15) is 5.10 Å². The average molecular weight is 377 g/mol. The molecule has 2 aliphatic carbocycles. The van der Waals surface area contributed by atoms with Crippen molar-refractivity contribution in [3.05, 3.63) is 17.0 Å². The second kappa shape index (κ2) is 9.20. The number of methoxy groups -OCH3 is 1. The first kappa shape index (κ1) is 20.3. The monoisotopic (exact) mass is 376 g/mol. The highest BCUT2D eigenvalue weighted by Gasteiger charge is 2.32. The Labute approximate surface area is 163 Å². The van der Waals surface area contributed by atoms with Gasteiger partial charge in [0.15, 0.2) is 5.69 Å². The minimum Gasteiger partial charge on any atom is -0.383 e. The molecular weight excluding hydrogens is 340 g/mol. The van der Waals surface area contributed by atoms with Crippen LogP contribution in [0.4, 0.5) is 0 Å². The third kappa shape index (κ3) is 4.72. The highest BCUT2D eigenvalue weighted by molar-refractivity contribution is 5.93. The van der Waals surface area contributed by atoms with Crippen LogP contribution in [0.3, 0.4) is 0 Å². The van der Waals surface area contributed by atoms with Gasteiger partial charge in [-0.05, 0) is 45.1 Å². The molecule has 0 radical (unpaired) electrons. The number of hydrogen-bond donors (Lipinski definition) is 0. The lowest BCUT2D eigenvalue weighted by Gasteiger charge is -2.32. The van der Waals surface area contributed by atoms with Crippen LogP contribution in [0, 0.1) is 5.92 Å². The van der Waals surface area contributed by atoms with Crippen molar-refractivity contribution in [2.45, 2.75) is 64.0 Å². The van der Waals surface area contributed by atoms with Crippen LogP contribution in [0.1, 0.15) is 60.3 Å². The van der Waals surface area contributed by atoms with Crippen molar-refractivity contribution in [2.24, 2.45) is 5.92 Å². The van der Waals surface area contributed by atoms with Crippen molar-refractivity contribution in [1.82, 2.24) is 19.6 Å². The Hall–Kier alpha value is -1.40. The minimum atomic E-state index is 0.0360. The number of aromatic nitrogens is 2. The molecule has 0 spiro atoms. The van der Waals surface area contributed by atoms with E-state index in [1.807, 2.05) is 14.1 Å². The van der Waals surface area contributed by atoms with E-state index in [0.717, 1.165) is 39.0 Å². The molecule has 0 N–H and O–H groups in total. The summed E-state index contributed by atoms with van der Waals surface area (Å²) in [5.74, 6) is 0.751. The number of hydrogen-bond acceptors (Lipinski definition) is 4. The van der Waals surface area contributed by atoms with Crippen LogP contribution in [-0.2, 0) is 24.1 Å². The molecule has 1 atom stereocenters. The largest absolute Gasteiger partial charge is 0.383 e. The molecule has 1 amide bonds. The highest BCUT2D eigenvalue weighted by atomic mass is 16.5. The van der Waals surface area contributed by atoms with Gasteiger partial charge < -0.3 is 14.5 Å². The topological polar surface area (TPSA) is 50.6 Å². The summed E-state index contributed by atoms with van der Waals surface area (Å²) in [6.07, 6.45) is 9.69. The first-order valence-electron chi connectivity index (χ1n) is 10.5. The second-order valence-corrected chi connectivity index (χ2v) is 8.53. The quantitative estimate of drug-likeness (QED) is 0.734. The van der Waals surface area contributed by atoms with E-state index < -0.39 is 0 Å². The number of carbonyl (C=O) groups is 1. The Kier molecular flexibility index (Phi) is 6.93.